The molecule has 9 nitrogen and oxygen atoms in total. The van der Waals surface area contributed by atoms with Crippen molar-refractivity contribution in [3.63, 3.8) is 0 Å². The fraction of sp³-hybridized carbons (Fsp3) is 0.621. The van der Waals surface area contributed by atoms with Gasteiger partial charge in [0.25, 0.3) is 0 Å². The number of rotatable bonds is 10. The van der Waals surface area contributed by atoms with Gasteiger partial charge in [-0.25, -0.2) is 8.42 Å². The molecule has 1 saturated heterocycles. The van der Waals surface area contributed by atoms with Crippen LogP contribution in [0.4, 0.5) is 0 Å². The van der Waals surface area contributed by atoms with Crippen LogP contribution in [0.5, 0.6) is 5.75 Å². The van der Waals surface area contributed by atoms with Crippen molar-refractivity contribution in [2.24, 2.45) is 0 Å². The monoisotopic (exact) mass is 560 g/mol. The van der Waals surface area contributed by atoms with Crippen molar-refractivity contribution in [3.05, 3.63) is 46.8 Å². The lowest BCUT2D eigenvalue weighted by atomic mass is 10.1. The summed E-state index contributed by atoms with van der Waals surface area (Å²) >= 11 is 0. The predicted molar refractivity (Wildman–Crippen MR) is 151 cm³/mol. The number of piperidine rings is 1. The van der Waals surface area contributed by atoms with Crippen molar-refractivity contribution in [2.75, 3.05) is 47.5 Å². The molecular formula is C29H44N4O5S. The number of methoxy groups -OCH3 is 1. The second-order valence-corrected chi connectivity index (χ2v) is 12.8. The lowest BCUT2D eigenvalue weighted by molar-refractivity contribution is -0.140. The van der Waals surface area contributed by atoms with Gasteiger partial charge in [0.05, 0.1) is 24.7 Å². The van der Waals surface area contributed by atoms with E-state index in [0.717, 1.165) is 32.4 Å². The van der Waals surface area contributed by atoms with Gasteiger partial charge in [-0.3, -0.25) is 4.79 Å². The minimum absolute atomic E-state index is 0.0124. The Morgan fingerprint density at radius 2 is 1.79 bits per heavy atom. The molecule has 216 valence electrons. The molecule has 4 rings (SSSR count). The van der Waals surface area contributed by atoms with Gasteiger partial charge < -0.3 is 23.8 Å². The summed E-state index contributed by atoms with van der Waals surface area (Å²) in [7, 11) is 1.97. The van der Waals surface area contributed by atoms with Crippen LogP contribution in [0, 0.1) is 13.8 Å². The van der Waals surface area contributed by atoms with E-state index in [1.807, 2.05) is 4.90 Å². The highest BCUT2D eigenvalue weighted by Crippen LogP contribution is 2.33. The van der Waals surface area contributed by atoms with E-state index < -0.39 is 10.0 Å². The minimum atomic E-state index is -3.73. The van der Waals surface area contributed by atoms with Crippen molar-refractivity contribution in [1.29, 1.82) is 0 Å². The molecule has 2 unspecified atom stereocenters. The summed E-state index contributed by atoms with van der Waals surface area (Å²) in [6.07, 6.45) is 3.28. The van der Waals surface area contributed by atoms with Crippen LogP contribution in [0.3, 0.4) is 0 Å². The van der Waals surface area contributed by atoms with Crippen LogP contribution in [0.15, 0.2) is 29.2 Å². The SMILES string of the molecule is CCC1c2ccc(CN(C)C)n2CCN1C(=O)COCC1CCCCN1S(=O)(=O)c1c(C)cc(OC)cc1C. The van der Waals surface area contributed by atoms with Gasteiger partial charge in [-0.1, -0.05) is 13.3 Å². The zero-order valence-corrected chi connectivity index (χ0v) is 25.1. The van der Waals surface area contributed by atoms with Crippen molar-refractivity contribution in [2.45, 2.75) is 76.5 Å². The highest BCUT2D eigenvalue weighted by molar-refractivity contribution is 7.89. The lowest BCUT2D eigenvalue weighted by Crippen LogP contribution is -2.47. The zero-order chi connectivity index (χ0) is 28.3. The Hall–Kier alpha value is -2.40. The van der Waals surface area contributed by atoms with Crippen molar-refractivity contribution in [1.82, 2.24) is 18.7 Å². The van der Waals surface area contributed by atoms with Gasteiger partial charge in [-0.05, 0) is 82.6 Å². The molecule has 0 spiro atoms. The summed E-state index contributed by atoms with van der Waals surface area (Å²) in [5, 5.41) is 0. The number of carbonyl (C=O) groups excluding carboxylic acids is 1. The van der Waals surface area contributed by atoms with Crippen LogP contribution in [0.1, 0.15) is 61.2 Å². The molecule has 2 atom stereocenters. The average molecular weight is 561 g/mol. The maximum atomic E-state index is 13.8. The molecule has 2 aliphatic heterocycles. The fourth-order valence-corrected chi connectivity index (χ4v) is 8.27. The van der Waals surface area contributed by atoms with Gasteiger partial charge in [0, 0.05) is 43.6 Å². The molecule has 0 bridgehead atoms. The number of fused-ring (bicyclic) bond motifs is 1. The van der Waals surface area contributed by atoms with Crippen LogP contribution >= 0.6 is 0 Å². The van der Waals surface area contributed by atoms with Gasteiger partial charge in [0.15, 0.2) is 0 Å². The molecule has 0 saturated carbocycles. The molecule has 3 heterocycles. The van der Waals surface area contributed by atoms with Gasteiger partial charge >= 0.3 is 0 Å². The van der Waals surface area contributed by atoms with Gasteiger partial charge in [0.2, 0.25) is 15.9 Å². The predicted octanol–water partition coefficient (Wildman–Crippen LogP) is 3.73. The first-order valence-electron chi connectivity index (χ1n) is 14.0. The molecule has 2 aliphatic rings. The standard InChI is InChI=1S/C29H44N4O5S/c1-7-26-27-12-11-23(18-30(4)5)31(27)14-15-32(26)28(34)20-38-19-24-10-8-9-13-33(24)39(35,36)29-21(2)16-25(37-6)17-22(29)3/h11-12,16-17,24,26H,7-10,13-15,18-20H2,1-6H3. The number of hydrogen-bond acceptors (Lipinski definition) is 6. The third-order valence-corrected chi connectivity index (χ3v) is 10.2. The molecule has 0 N–H and O–H groups in total. The number of carbonyl (C=O) groups is 1. The Kier molecular flexibility index (Phi) is 9.41. The first-order valence-corrected chi connectivity index (χ1v) is 15.4. The maximum absolute atomic E-state index is 13.8. The largest absolute Gasteiger partial charge is 0.497 e. The molecule has 0 aliphatic carbocycles. The van der Waals surface area contributed by atoms with Gasteiger partial charge in [-0.15, -0.1) is 0 Å². The van der Waals surface area contributed by atoms with E-state index >= 15 is 0 Å². The number of benzene rings is 1. The summed E-state index contributed by atoms with van der Waals surface area (Å²) in [6, 6.07) is 7.53. The molecule has 1 amide bonds. The lowest BCUT2D eigenvalue weighted by Gasteiger charge is -2.38. The Morgan fingerprint density at radius 1 is 1.08 bits per heavy atom. The number of hydrogen-bond donors (Lipinski definition) is 0. The minimum Gasteiger partial charge on any atom is -0.497 e. The Labute approximate surface area is 233 Å². The quantitative estimate of drug-likeness (QED) is 0.440. The Morgan fingerprint density at radius 3 is 2.44 bits per heavy atom. The van der Waals surface area contributed by atoms with Crippen LogP contribution in [-0.4, -0.2) is 86.5 Å². The number of amides is 1. The molecule has 1 fully saturated rings. The zero-order valence-electron chi connectivity index (χ0n) is 24.3. The maximum Gasteiger partial charge on any atom is 0.249 e. The molecule has 1 aromatic heterocycles. The van der Waals surface area contributed by atoms with Gasteiger partial charge in [-0.2, -0.15) is 4.31 Å². The topological polar surface area (TPSA) is 84.3 Å². The van der Waals surface area contributed by atoms with Gasteiger partial charge in [0.1, 0.15) is 12.4 Å². The Balaban J connectivity index is 1.42. The number of aromatic nitrogens is 1. The summed E-state index contributed by atoms with van der Waals surface area (Å²) in [6.45, 7) is 8.59. The number of sulfonamides is 1. The Bertz CT molecular complexity index is 1250. The van der Waals surface area contributed by atoms with Crippen molar-refractivity contribution in [3.8, 4) is 5.75 Å². The van der Waals surface area contributed by atoms with Crippen LogP contribution in [0.2, 0.25) is 0 Å². The third-order valence-electron chi connectivity index (χ3n) is 7.92. The smallest absolute Gasteiger partial charge is 0.249 e. The van der Waals surface area contributed by atoms with E-state index in [4.69, 9.17) is 9.47 Å². The van der Waals surface area contributed by atoms with Crippen LogP contribution in [0.25, 0.3) is 0 Å². The van der Waals surface area contributed by atoms with Crippen LogP contribution in [-0.2, 0) is 32.6 Å². The summed E-state index contributed by atoms with van der Waals surface area (Å²) < 4.78 is 42.8. The molecule has 0 radical (unpaired) electrons. The number of ether oxygens (including phenoxy) is 2. The van der Waals surface area contributed by atoms with E-state index in [1.165, 1.54) is 11.4 Å². The second-order valence-electron chi connectivity index (χ2n) is 11.0. The van der Waals surface area contributed by atoms with Crippen LogP contribution < -0.4 is 4.74 Å². The third kappa shape index (κ3) is 6.19. The molecule has 2 aromatic rings. The van der Waals surface area contributed by atoms with Crippen molar-refractivity contribution < 1.29 is 22.7 Å². The van der Waals surface area contributed by atoms with E-state index in [0.29, 0.717) is 41.3 Å². The highest BCUT2D eigenvalue weighted by atomic mass is 32.2. The summed E-state index contributed by atoms with van der Waals surface area (Å²) in [4.78, 5) is 17.7. The number of nitrogens with zero attached hydrogens (tertiary/aromatic N) is 4. The summed E-state index contributed by atoms with van der Waals surface area (Å²) in [5.74, 6) is 0.598. The second kappa shape index (κ2) is 12.4. The van der Waals surface area contributed by atoms with E-state index in [2.05, 4.69) is 42.6 Å². The summed E-state index contributed by atoms with van der Waals surface area (Å²) in [5.41, 5.74) is 3.77. The van der Waals surface area contributed by atoms with E-state index in [-0.39, 0.29) is 31.2 Å². The highest BCUT2D eigenvalue weighted by Gasteiger charge is 2.36. The van der Waals surface area contributed by atoms with E-state index in [1.54, 1.807) is 37.4 Å². The normalized spacial score (nSPS) is 20.3. The number of aryl methyl sites for hydroxylation is 2. The van der Waals surface area contributed by atoms with E-state index in [9.17, 15) is 13.2 Å². The first-order chi connectivity index (χ1) is 18.6. The average Bonchev–Trinajstić information content (AvgIpc) is 3.29. The van der Waals surface area contributed by atoms with Crippen molar-refractivity contribution >= 4 is 15.9 Å². The molecule has 39 heavy (non-hydrogen) atoms. The molecule has 10 heteroatoms. The first kappa shape index (κ1) is 29.6. The fourth-order valence-electron chi connectivity index (χ4n) is 6.18. The molecule has 1 aromatic carbocycles. The molecular weight excluding hydrogens is 516 g/mol.